The van der Waals surface area contributed by atoms with Crippen molar-refractivity contribution in [3.63, 3.8) is 0 Å². The monoisotopic (exact) mass is 163 g/mol. The van der Waals surface area contributed by atoms with Crippen molar-refractivity contribution >= 4 is 17.0 Å². The lowest BCUT2D eigenvalue weighted by Gasteiger charge is -2.21. The standard InChI is InChI=1S/C6H10ClNO2/c7-6(9)8-5-1-3-10-4-2-5/h5H,1-4H2,(H,8,9). The Balaban J connectivity index is 2.19. The summed E-state index contributed by atoms with van der Waals surface area (Å²) >= 11 is 5.12. The van der Waals surface area contributed by atoms with E-state index in [1.54, 1.807) is 0 Å². The third-order valence-electron chi connectivity index (χ3n) is 1.54. The first-order valence-electron chi connectivity index (χ1n) is 3.33. The molecule has 0 aromatic heterocycles. The van der Waals surface area contributed by atoms with E-state index in [2.05, 4.69) is 5.32 Å². The van der Waals surface area contributed by atoms with Crippen LogP contribution in [-0.4, -0.2) is 24.6 Å². The molecule has 0 atom stereocenters. The fraction of sp³-hybridized carbons (Fsp3) is 0.833. The highest BCUT2D eigenvalue weighted by atomic mass is 35.5. The summed E-state index contributed by atoms with van der Waals surface area (Å²) in [5, 5.41) is 2.16. The molecular formula is C6H10ClNO2. The summed E-state index contributed by atoms with van der Waals surface area (Å²) in [7, 11) is 0. The van der Waals surface area contributed by atoms with E-state index >= 15 is 0 Å². The molecule has 3 nitrogen and oxygen atoms in total. The Hall–Kier alpha value is -0.280. The molecule has 58 valence electrons. The molecule has 1 saturated heterocycles. The van der Waals surface area contributed by atoms with Gasteiger partial charge in [0.25, 0.3) is 0 Å². The second-order valence-electron chi connectivity index (χ2n) is 2.30. The highest BCUT2D eigenvalue weighted by Crippen LogP contribution is 2.06. The first-order chi connectivity index (χ1) is 4.79. The average Bonchev–Trinajstić information content (AvgIpc) is 1.88. The lowest BCUT2D eigenvalue weighted by Crippen LogP contribution is -2.36. The van der Waals surface area contributed by atoms with Crippen molar-refractivity contribution in [2.24, 2.45) is 0 Å². The molecule has 0 aromatic carbocycles. The molecule has 1 rings (SSSR count). The van der Waals surface area contributed by atoms with Crippen molar-refractivity contribution in [2.45, 2.75) is 18.9 Å². The van der Waals surface area contributed by atoms with Crippen molar-refractivity contribution in [1.29, 1.82) is 0 Å². The van der Waals surface area contributed by atoms with Crippen molar-refractivity contribution in [1.82, 2.24) is 5.32 Å². The highest BCUT2D eigenvalue weighted by molar-refractivity contribution is 6.62. The van der Waals surface area contributed by atoms with E-state index in [0.717, 1.165) is 26.1 Å². The minimum Gasteiger partial charge on any atom is -0.381 e. The lowest BCUT2D eigenvalue weighted by atomic mass is 10.1. The average molecular weight is 164 g/mol. The SMILES string of the molecule is O=C(Cl)NC1CCOCC1. The van der Waals surface area contributed by atoms with Crippen LogP contribution in [0.25, 0.3) is 0 Å². The number of hydrogen-bond acceptors (Lipinski definition) is 2. The Morgan fingerprint density at radius 1 is 1.50 bits per heavy atom. The van der Waals surface area contributed by atoms with Gasteiger partial charge in [-0.2, -0.15) is 0 Å². The van der Waals surface area contributed by atoms with Crippen LogP contribution in [0.1, 0.15) is 12.8 Å². The molecule has 1 aliphatic heterocycles. The zero-order valence-electron chi connectivity index (χ0n) is 5.60. The van der Waals surface area contributed by atoms with Crippen molar-refractivity contribution in [2.75, 3.05) is 13.2 Å². The maximum absolute atomic E-state index is 10.3. The van der Waals surface area contributed by atoms with Crippen molar-refractivity contribution in [3.8, 4) is 0 Å². The minimum atomic E-state index is -0.466. The van der Waals surface area contributed by atoms with Crippen LogP contribution < -0.4 is 5.32 Å². The molecule has 1 N–H and O–H groups in total. The lowest BCUT2D eigenvalue weighted by molar-refractivity contribution is 0.0810. The largest absolute Gasteiger partial charge is 0.381 e. The molecular weight excluding hydrogens is 154 g/mol. The smallest absolute Gasteiger partial charge is 0.314 e. The molecule has 1 aliphatic rings. The number of ether oxygens (including phenoxy) is 1. The van der Waals surface area contributed by atoms with Crippen molar-refractivity contribution in [3.05, 3.63) is 0 Å². The van der Waals surface area contributed by atoms with E-state index in [0.29, 0.717) is 0 Å². The fourth-order valence-corrected chi connectivity index (χ4v) is 1.16. The predicted molar refractivity (Wildman–Crippen MR) is 38.2 cm³/mol. The van der Waals surface area contributed by atoms with E-state index in [4.69, 9.17) is 16.3 Å². The summed E-state index contributed by atoms with van der Waals surface area (Å²) in [6.07, 6.45) is 1.75. The van der Waals surface area contributed by atoms with Gasteiger partial charge in [0.2, 0.25) is 0 Å². The molecule has 0 saturated carbocycles. The van der Waals surface area contributed by atoms with Gasteiger partial charge in [-0.3, -0.25) is 4.79 Å². The quantitative estimate of drug-likeness (QED) is 0.465. The number of rotatable bonds is 1. The molecule has 4 heteroatoms. The Morgan fingerprint density at radius 3 is 2.60 bits per heavy atom. The summed E-state index contributed by atoms with van der Waals surface area (Å²) in [6, 6.07) is 0.221. The maximum atomic E-state index is 10.3. The molecule has 0 aromatic rings. The molecule has 0 unspecified atom stereocenters. The van der Waals surface area contributed by atoms with Crippen LogP contribution in [0.2, 0.25) is 0 Å². The van der Waals surface area contributed by atoms with E-state index in [-0.39, 0.29) is 6.04 Å². The number of carbonyl (C=O) groups excluding carboxylic acids is 1. The number of nitrogens with one attached hydrogen (secondary N) is 1. The molecule has 0 spiro atoms. The molecule has 0 bridgehead atoms. The van der Waals surface area contributed by atoms with Gasteiger partial charge >= 0.3 is 5.37 Å². The van der Waals surface area contributed by atoms with Gasteiger partial charge in [-0.05, 0) is 24.4 Å². The van der Waals surface area contributed by atoms with Gasteiger partial charge in [-0.15, -0.1) is 0 Å². The molecule has 0 radical (unpaired) electrons. The molecule has 0 aliphatic carbocycles. The third-order valence-corrected chi connectivity index (χ3v) is 1.65. The van der Waals surface area contributed by atoms with E-state index in [1.165, 1.54) is 0 Å². The first-order valence-corrected chi connectivity index (χ1v) is 3.70. The topological polar surface area (TPSA) is 38.3 Å². The second-order valence-corrected chi connectivity index (χ2v) is 2.65. The van der Waals surface area contributed by atoms with Gasteiger partial charge in [-0.25, -0.2) is 0 Å². The van der Waals surface area contributed by atoms with Crippen LogP contribution in [0.5, 0.6) is 0 Å². The Bertz CT molecular complexity index is 123. The van der Waals surface area contributed by atoms with Crippen LogP contribution in [0.3, 0.4) is 0 Å². The summed E-state index contributed by atoms with van der Waals surface area (Å²) in [5.74, 6) is 0. The van der Waals surface area contributed by atoms with Gasteiger partial charge < -0.3 is 10.1 Å². The predicted octanol–water partition coefficient (Wildman–Crippen LogP) is 1.11. The van der Waals surface area contributed by atoms with Gasteiger partial charge in [0.05, 0.1) is 0 Å². The van der Waals surface area contributed by atoms with Gasteiger partial charge in [0, 0.05) is 19.3 Å². The van der Waals surface area contributed by atoms with Crippen LogP contribution in [0, 0.1) is 0 Å². The Morgan fingerprint density at radius 2 is 2.10 bits per heavy atom. The number of halogens is 1. The molecule has 1 amide bonds. The summed E-state index contributed by atoms with van der Waals surface area (Å²) < 4.78 is 5.09. The highest BCUT2D eigenvalue weighted by Gasteiger charge is 2.14. The van der Waals surface area contributed by atoms with E-state index in [9.17, 15) is 4.79 Å². The first kappa shape index (κ1) is 7.82. The zero-order chi connectivity index (χ0) is 7.40. The summed E-state index contributed by atoms with van der Waals surface area (Å²) in [4.78, 5) is 10.3. The Labute approximate surface area is 64.7 Å². The van der Waals surface area contributed by atoms with E-state index < -0.39 is 5.37 Å². The molecule has 1 fully saturated rings. The minimum absolute atomic E-state index is 0.221. The van der Waals surface area contributed by atoms with Gasteiger partial charge in [-0.1, -0.05) is 0 Å². The fourth-order valence-electron chi connectivity index (χ4n) is 1.00. The van der Waals surface area contributed by atoms with Gasteiger partial charge in [0.1, 0.15) is 0 Å². The summed E-state index contributed by atoms with van der Waals surface area (Å²) in [5.41, 5.74) is 0. The van der Waals surface area contributed by atoms with Gasteiger partial charge in [0.15, 0.2) is 0 Å². The third kappa shape index (κ3) is 2.54. The summed E-state index contributed by atoms with van der Waals surface area (Å²) in [6.45, 7) is 1.45. The molecule has 1 heterocycles. The number of hydrogen-bond donors (Lipinski definition) is 1. The maximum Gasteiger partial charge on any atom is 0.314 e. The Kier molecular flexibility index (Phi) is 2.96. The van der Waals surface area contributed by atoms with Crippen LogP contribution in [-0.2, 0) is 4.74 Å². The number of amides is 1. The number of carbonyl (C=O) groups is 1. The van der Waals surface area contributed by atoms with Crippen LogP contribution >= 0.6 is 11.6 Å². The molecule has 10 heavy (non-hydrogen) atoms. The zero-order valence-corrected chi connectivity index (χ0v) is 6.36. The second kappa shape index (κ2) is 3.78. The van der Waals surface area contributed by atoms with Crippen molar-refractivity contribution < 1.29 is 9.53 Å². The van der Waals surface area contributed by atoms with Crippen LogP contribution in [0.4, 0.5) is 4.79 Å². The van der Waals surface area contributed by atoms with Crippen LogP contribution in [0.15, 0.2) is 0 Å². The normalized spacial score (nSPS) is 20.5. The van der Waals surface area contributed by atoms with E-state index in [1.807, 2.05) is 0 Å².